The van der Waals surface area contributed by atoms with E-state index in [1.807, 2.05) is 25.7 Å². The lowest BCUT2D eigenvalue weighted by Gasteiger charge is -2.29. The first-order valence-electron chi connectivity index (χ1n) is 8.09. The average molecular weight is 339 g/mol. The minimum Gasteiger partial charge on any atom is -0.367 e. The summed E-state index contributed by atoms with van der Waals surface area (Å²) >= 11 is 0. The van der Waals surface area contributed by atoms with E-state index in [1.54, 1.807) is 18.5 Å². The summed E-state index contributed by atoms with van der Waals surface area (Å²) in [5.74, 6) is 0.253. The summed E-state index contributed by atoms with van der Waals surface area (Å²) in [5, 5.41) is 2.92. The van der Waals surface area contributed by atoms with Gasteiger partial charge in [0, 0.05) is 24.8 Å². The van der Waals surface area contributed by atoms with Gasteiger partial charge in [0.2, 0.25) is 0 Å². The van der Waals surface area contributed by atoms with Gasteiger partial charge in [0.05, 0.1) is 29.0 Å². The second-order valence-electron chi connectivity index (χ2n) is 6.06. The van der Waals surface area contributed by atoms with E-state index in [2.05, 4.69) is 10.3 Å². The molecule has 0 radical (unpaired) electrons. The van der Waals surface area contributed by atoms with Crippen molar-refractivity contribution in [1.82, 2.24) is 10.3 Å². The minimum atomic E-state index is -2.95. The Morgan fingerprint density at radius 1 is 1.43 bits per heavy atom. The first kappa shape index (κ1) is 17.7. The molecule has 1 saturated heterocycles. The molecule has 1 amide bonds. The van der Waals surface area contributed by atoms with Gasteiger partial charge in [-0.1, -0.05) is 6.92 Å². The van der Waals surface area contributed by atoms with Crippen molar-refractivity contribution in [2.24, 2.45) is 0 Å². The number of nitrogens with one attached hydrogen (secondary N) is 1. The smallest absolute Gasteiger partial charge is 0.253 e. The molecule has 1 aromatic rings. The van der Waals surface area contributed by atoms with Crippen molar-refractivity contribution in [2.45, 2.75) is 45.7 Å². The van der Waals surface area contributed by atoms with Crippen molar-refractivity contribution < 1.29 is 13.2 Å². The van der Waals surface area contributed by atoms with Gasteiger partial charge < -0.3 is 10.2 Å². The Morgan fingerprint density at radius 3 is 2.74 bits per heavy atom. The number of hydrogen-bond acceptors (Lipinski definition) is 5. The fraction of sp³-hybridized carbons (Fsp3) is 0.625. The summed E-state index contributed by atoms with van der Waals surface area (Å²) in [6.45, 7) is 6.63. The third kappa shape index (κ3) is 4.43. The highest BCUT2D eigenvalue weighted by atomic mass is 32.2. The molecule has 2 atom stereocenters. The summed E-state index contributed by atoms with van der Waals surface area (Å²) in [4.78, 5) is 18.4. The molecule has 23 heavy (non-hydrogen) atoms. The maximum atomic E-state index is 12.2. The molecule has 2 unspecified atom stereocenters. The van der Waals surface area contributed by atoms with E-state index >= 15 is 0 Å². The number of pyridine rings is 1. The first-order valence-corrected chi connectivity index (χ1v) is 9.91. The van der Waals surface area contributed by atoms with Gasteiger partial charge in [0.25, 0.3) is 5.91 Å². The van der Waals surface area contributed by atoms with E-state index < -0.39 is 9.84 Å². The second kappa shape index (κ2) is 7.29. The molecule has 0 aromatic carbocycles. The van der Waals surface area contributed by atoms with Crippen molar-refractivity contribution in [3.8, 4) is 0 Å². The summed E-state index contributed by atoms with van der Waals surface area (Å²) in [6.07, 6.45) is 4.72. The molecule has 6 nitrogen and oxygen atoms in total. The number of anilines is 1. The van der Waals surface area contributed by atoms with Crippen molar-refractivity contribution in [2.75, 3.05) is 23.0 Å². The molecular weight excluding hydrogens is 314 g/mol. The summed E-state index contributed by atoms with van der Waals surface area (Å²) in [6, 6.07) is 1.85. The molecule has 0 saturated carbocycles. The third-order valence-electron chi connectivity index (χ3n) is 4.30. The first-order chi connectivity index (χ1) is 10.9. The van der Waals surface area contributed by atoms with Gasteiger partial charge in [0.1, 0.15) is 0 Å². The molecule has 2 heterocycles. The molecule has 1 fully saturated rings. The van der Waals surface area contributed by atoms with Crippen molar-refractivity contribution >= 4 is 21.4 Å². The monoisotopic (exact) mass is 339 g/mol. The molecule has 0 aliphatic carbocycles. The Balaban J connectivity index is 2.19. The Morgan fingerprint density at radius 2 is 2.17 bits per heavy atom. The molecular formula is C16H25N3O3S. The van der Waals surface area contributed by atoms with Crippen LogP contribution in [0.15, 0.2) is 18.5 Å². The number of rotatable bonds is 6. The van der Waals surface area contributed by atoms with E-state index in [0.717, 1.165) is 12.1 Å². The summed E-state index contributed by atoms with van der Waals surface area (Å²) in [5.41, 5.74) is 1.30. The van der Waals surface area contributed by atoms with Crippen LogP contribution in [0.4, 0.5) is 5.69 Å². The average Bonchev–Trinajstić information content (AvgIpc) is 2.88. The van der Waals surface area contributed by atoms with Gasteiger partial charge in [-0.05, 0) is 32.8 Å². The molecule has 2 rings (SSSR count). The highest BCUT2D eigenvalue weighted by molar-refractivity contribution is 7.91. The molecule has 0 spiro atoms. The zero-order valence-electron chi connectivity index (χ0n) is 13.9. The molecule has 128 valence electrons. The van der Waals surface area contributed by atoms with Crippen LogP contribution in [0.3, 0.4) is 0 Å². The van der Waals surface area contributed by atoms with Crippen LogP contribution < -0.4 is 10.2 Å². The van der Waals surface area contributed by atoms with Crippen molar-refractivity contribution in [3.63, 3.8) is 0 Å². The largest absolute Gasteiger partial charge is 0.367 e. The standard InChI is InChI=1S/C16H25N3O3S/c1-4-12(3)18-16(20)13-8-15(10-17-9-13)19(5-2)14-6-7-23(21,22)11-14/h8-10,12,14H,4-7,11H2,1-3H3,(H,18,20). The Labute approximate surface area is 138 Å². The van der Waals surface area contributed by atoms with Gasteiger partial charge in [-0.15, -0.1) is 0 Å². The van der Waals surface area contributed by atoms with Crippen LogP contribution in [0, 0.1) is 0 Å². The topological polar surface area (TPSA) is 79.4 Å². The number of carbonyl (C=O) groups excluding carboxylic acids is 1. The molecule has 1 aliphatic heterocycles. The number of amides is 1. The Hall–Kier alpha value is -1.63. The van der Waals surface area contributed by atoms with E-state index in [1.165, 1.54) is 0 Å². The van der Waals surface area contributed by atoms with Gasteiger partial charge >= 0.3 is 0 Å². The van der Waals surface area contributed by atoms with E-state index in [9.17, 15) is 13.2 Å². The van der Waals surface area contributed by atoms with Crippen LogP contribution in [-0.2, 0) is 9.84 Å². The van der Waals surface area contributed by atoms with E-state index in [0.29, 0.717) is 18.5 Å². The fourth-order valence-electron chi connectivity index (χ4n) is 2.79. The number of sulfone groups is 1. The number of carbonyl (C=O) groups is 1. The Bertz CT molecular complexity index is 660. The van der Waals surface area contributed by atoms with Crippen LogP contribution >= 0.6 is 0 Å². The molecule has 1 aliphatic rings. The minimum absolute atomic E-state index is 0.0420. The predicted molar refractivity (Wildman–Crippen MR) is 91.5 cm³/mol. The van der Waals surface area contributed by atoms with E-state index in [-0.39, 0.29) is 29.5 Å². The zero-order chi connectivity index (χ0) is 17.0. The highest BCUT2D eigenvalue weighted by Crippen LogP contribution is 2.24. The van der Waals surface area contributed by atoms with Gasteiger partial charge in [-0.2, -0.15) is 0 Å². The molecule has 1 aromatic heterocycles. The molecule has 1 N–H and O–H groups in total. The highest BCUT2D eigenvalue weighted by Gasteiger charge is 2.32. The van der Waals surface area contributed by atoms with Gasteiger partial charge in [-0.25, -0.2) is 8.42 Å². The van der Waals surface area contributed by atoms with Crippen molar-refractivity contribution in [1.29, 1.82) is 0 Å². The lowest BCUT2D eigenvalue weighted by molar-refractivity contribution is 0.0939. The van der Waals surface area contributed by atoms with E-state index in [4.69, 9.17) is 0 Å². The molecule has 0 bridgehead atoms. The lowest BCUT2D eigenvalue weighted by Crippen LogP contribution is -2.36. The van der Waals surface area contributed by atoms with Crippen LogP contribution in [-0.4, -0.2) is 49.4 Å². The third-order valence-corrected chi connectivity index (χ3v) is 6.05. The Kier molecular flexibility index (Phi) is 5.62. The summed E-state index contributed by atoms with van der Waals surface area (Å²) in [7, 11) is -2.95. The van der Waals surface area contributed by atoms with Gasteiger partial charge in [0.15, 0.2) is 9.84 Å². The zero-order valence-corrected chi connectivity index (χ0v) is 14.8. The van der Waals surface area contributed by atoms with Crippen LogP contribution in [0.2, 0.25) is 0 Å². The lowest BCUT2D eigenvalue weighted by atomic mass is 10.1. The SMILES string of the molecule is CCC(C)NC(=O)c1cncc(N(CC)C2CCS(=O)(=O)C2)c1. The van der Waals surface area contributed by atoms with Crippen LogP contribution in [0.1, 0.15) is 44.0 Å². The number of aromatic nitrogens is 1. The molecule has 7 heteroatoms. The predicted octanol–water partition coefficient (Wildman–Crippen LogP) is 1.62. The number of hydrogen-bond donors (Lipinski definition) is 1. The van der Waals surface area contributed by atoms with Crippen molar-refractivity contribution in [3.05, 3.63) is 24.0 Å². The fourth-order valence-corrected chi connectivity index (χ4v) is 4.52. The van der Waals surface area contributed by atoms with Crippen LogP contribution in [0.5, 0.6) is 0 Å². The van der Waals surface area contributed by atoms with Crippen LogP contribution in [0.25, 0.3) is 0 Å². The quantitative estimate of drug-likeness (QED) is 0.852. The summed E-state index contributed by atoms with van der Waals surface area (Å²) < 4.78 is 23.4. The van der Waals surface area contributed by atoms with Gasteiger partial charge in [-0.3, -0.25) is 9.78 Å². The normalized spacial score (nSPS) is 20.9. The maximum Gasteiger partial charge on any atom is 0.253 e. The second-order valence-corrected chi connectivity index (χ2v) is 8.29. The number of nitrogens with zero attached hydrogens (tertiary/aromatic N) is 2. The maximum absolute atomic E-state index is 12.2.